The molecule has 4 aromatic rings. The zero-order chi connectivity index (χ0) is 34.2. The largest absolute Gasteiger partial charge is 0.361 e. The molecule has 7 nitrogen and oxygen atoms in total. The van der Waals surface area contributed by atoms with Gasteiger partial charge in [-0.3, -0.25) is 4.98 Å². The van der Waals surface area contributed by atoms with E-state index in [9.17, 15) is 0 Å². The summed E-state index contributed by atoms with van der Waals surface area (Å²) in [5.41, 5.74) is 7.84. The van der Waals surface area contributed by atoms with Crippen molar-refractivity contribution in [1.29, 1.82) is 0 Å². The lowest BCUT2D eigenvalue weighted by atomic mass is 9.78. The summed E-state index contributed by atoms with van der Waals surface area (Å²) in [5, 5.41) is 5.12. The molecule has 9 heteroatoms. The summed E-state index contributed by atoms with van der Waals surface area (Å²) in [5.74, 6) is 3.83. The number of benzene rings is 1. The topological polar surface area (TPSA) is 64.8 Å². The van der Waals surface area contributed by atoms with Gasteiger partial charge in [-0.15, -0.1) is 0 Å². The molecule has 3 atom stereocenters. The Bertz CT molecular complexity index is 1680. The van der Waals surface area contributed by atoms with E-state index in [2.05, 4.69) is 85.1 Å². The predicted molar refractivity (Wildman–Crippen MR) is 207 cm³/mol. The molecule has 0 spiro atoms. The van der Waals surface area contributed by atoms with Crippen molar-refractivity contribution in [1.82, 2.24) is 19.6 Å². The van der Waals surface area contributed by atoms with E-state index in [1.165, 1.54) is 56.2 Å². The molecule has 3 aliphatic carbocycles. The van der Waals surface area contributed by atoms with Crippen LogP contribution in [-0.4, -0.2) is 62.4 Å². The second-order valence-corrected chi connectivity index (χ2v) is 28.8. The third-order valence-corrected chi connectivity index (χ3v) is 14.3. The Labute approximate surface area is 295 Å². The maximum Gasteiger partial charge on any atom is 0.165 e. The molecule has 2 bridgehead atoms. The molecule has 0 radical (unpaired) electrons. The summed E-state index contributed by atoms with van der Waals surface area (Å²) >= 11 is 0. The number of hydrogen-bond acceptors (Lipinski definition) is 6. The quantitative estimate of drug-likeness (QED) is 0.0701. The number of anilines is 1. The lowest BCUT2D eigenvalue weighted by Crippen LogP contribution is -2.34. The van der Waals surface area contributed by atoms with Crippen LogP contribution >= 0.6 is 0 Å². The molecule has 3 fully saturated rings. The van der Waals surface area contributed by atoms with Crippen LogP contribution in [0, 0.1) is 11.8 Å². The maximum absolute atomic E-state index is 6.52. The van der Waals surface area contributed by atoms with Crippen LogP contribution in [0.3, 0.4) is 0 Å². The molecule has 3 aliphatic rings. The van der Waals surface area contributed by atoms with E-state index < -0.39 is 16.1 Å². The lowest BCUT2D eigenvalue weighted by molar-refractivity contribution is 0.0940. The van der Waals surface area contributed by atoms with Crippen LogP contribution in [-0.2, 0) is 9.47 Å². The van der Waals surface area contributed by atoms with Gasteiger partial charge in [-0.2, -0.15) is 9.61 Å². The van der Waals surface area contributed by atoms with Gasteiger partial charge < -0.3 is 14.4 Å². The summed E-state index contributed by atoms with van der Waals surface area (Å²) in [7, 11) is -2.45. The van der Waals surface area contributed by atoms with E-state index in [0.29, 0.717) is 25.3 Å². The maximum atomic E-state index is 6.52. The zero-order valence-electron chi connectivity index (χ0n) is 30.8. The fourth-order valence-corrected chi connectivity index (χ4v) is 9.43. The van der Waals surface area contributed by atoms with Gasteiger partial charge in [0.2, 0.25) is 0 Å². The summed E-state index contributed by atoms with van der Waals surface area (Å²) in [6.45, 7) is 17.0. The first-order chi connectivity index (χ1) is 23.5. The SMILES string of the molecule is C[Si](C)(C)CCOCN(COCC[Si](C)(C)C)c1c(C2CC2)c(C2C[C@H]3CC[C@@H](C2)C3)nc2c(-c3ccc(-c4ccccc4)nc3)cnn12. The Morgan fingerprint density at radius 2 is 1.39 bits per heavy atom. The molecule has 0 amide bonds. The number of pyridine rings is 1. The molecule has 0 saturated heterocycles. The van der Waals surface area contributed by atoms with Crippen molar-refractivity contribution in [2.45, 2.75) is 108 Å². The summed E-state index contributed by atoms with van der Waals surface area (Å²) < 4.78 is 15.2. The third kappa shape index (κ3) is 8.38. The van der Waals surface area contributed by atoms with Gasteiger partial charge in [0.05, 0.1) is 17.6 Å². The summed E-state index contributed by atoms with van der Waals surface area (Å²) in [6, 6.07) is 17.0. The standard InChI is InChI=1S/C40H57N5O2Si2/c1-48(2,3)20-18-46-27-44(28-47-19-21-49(4,5)6)40-37(32-14-15-32)38(34-23-29-12-13-30(22-29)24-34)43-39-35(26-42-45(39)40)33-16-17-36(41-25-33)31-10-8-7-9-11-31/h7-11,16-17,25-26,29-30,32,34H,12-15,18-24,27-28H2,1-6H3/t29-,30+,34?. The van der Waals surface area contributed by atoms with Gasteiger partial charge in [-0.1, -0.05) is 88.5 Å². The van der Waals surface area contributed by atoms with E-state index in [-0.39, 0.29) is 0 Å². The third-order valence-electron chi connectivity index (χ3n) is 10.9. The molecule has 3 saturated carbocycles. The van der Waals surface area contributed by atoms with Crippen LogP contribution in [0.15, 0.2) is 54.9 Å². The number of rotatable bonds is 15. The van der Waals surface area contributed by atoms with Crippen molar-refractivity contribution >= 4 is 27.6 Å². The van der Waals surface area contributed by atoms with Gasteiger partial charge in [0, 0.05) is 63.7 Å². The van der Waals surface area contributed by atoms with Crippen molar-refractivity contribution in [3.05, 3.63) is 66.1 Å². The van der Waals surface area contributed by atoms with E-state index in [1.54, 1.807) is 0 Å². The number of ether oxygens (including phenoxy) is 2. The molecule has 49 heavy (non-hydrogen) atoms. The lowest BCUT2D eigenvalue weighted by Gasteiger charge is -2.33. The Morgan fingerprint density at radius 1 is 0.735 bits per heavy atom. The van der Waals surface area contributed by atoms with Gasteiger partial charge >= 0.3 is 0 Å². The number of hydrogen-bond donors (Lipinski definition) is 0. The number of nitrogens with zero attached hydrogens (tertiary/aromatic N) is 5. The molecule has 1 aromatic carbocycles. The Morgan fingerprint density at radius 3 is 1.96 bits per heavy atom. The molecule has 0 aliphatic heterocycles. The van der Waals surface area contributed by atoms with Gasteiger partial charge in [0.1, 0.15) is 19.3 Å². The molecular formula is C40H57N5O2Si2. The average Bonchev–Trinajstić information content (AvgIpc) is 3.74. The number of aromatic nitrogens is 4. The first kappa shape index (κ1) is 34.6. The molecule has 0 N–H and O–H groups in total. The van der Waals surface area contributed by atoms with Crippen LogP contribution in [0.1, 0.15) is 68.0 Å². The first-order valence-electron chi connectivity index (χ1n) is 18.9. The fourth-order valence-electron chi connectivity index (χ4n) is 7.92. The van der Waals surface area contributed by atoms with Crippen molar-refractivity contribution in [3.63, 3.8) is 0 Å². The average molecular weight is 696 g/mol. The Balaban J connectivity index is 1.31. The smallest absolute Gasteiger partial charge is 0.165 e. The fraction of sp³-hybridized carbons (Fsp3) is 0.575. The van der Waals surface area contributed by atoms with E-state index >= 15 is 0 Å². The van der Waals surface area contributed by atoms with Crippen molar-refractivity contribution < 1.29 is 9.47 Å². The van der Waals surface area contributed by atoms with Crippen LogP contribution in [0.5, 0.6) is 0 Å². The highest BCUT2D eigenvalue weighted by atomic mass is 28.3. The highest BCUT2D eigenvalue weighted by molar-refractivity contribution is 6.76. The zero-order valence-corrected chi connectivity index (χ0v) is 32.8. The minimum Gasteiger partial charge on any atom is -0.361 e. The Kier molecular flexibility index (Phi) is 10.2. The highest BCUT2D eigenvalue weighted by Crippen LogP contribution is 2.53. The summed E-state index contributed by atoms with van der Waals surface area (Å²) in [4.78, 5) is 12.9. The first-order valence-corrected chi connectivity index (χ1v) is 26.3. The molecule has 1 unspecified atom stereocenters. The van der Waals surface area contributed by atoms with Crippen LogP contribution in [0.2, 0.25) is 51.4 Å². The van der Waals surface area contributed by atoms with E-state index in [0.717, 1.165) is 71.0 Å². The highest BCUT2D eigenvalue weighted by Gasteiger charge is 2.41. The van der Waals surface area contributed by atoms with Crippen molar-refractivity contribution in [2.24, 2.45) is 11.8 Å². The van der Waals surface area contributed by atoms with Gasteiger partial charge in [0.25, 0.3) is 0 Å². The van der Waals surface area contributed by atoms with Gasteiger partial charge in [0.15, 0.2) is 5.65 Å². The van der Waals surface area contributed by atoms with E-state index in [1.807, 2.05) is 18.5 Å². The minimum absolute atomic E-state index is 0.494. The second kappa shape index (κ2) is 14.4. The van der Waals surface area contributed by atoms with Crippen LogP contribution in [0.25, 0.3) is 28.0 Å². The molecular weight excluding hydrogens is 639 g/mol. The van der Waals surface area contributed by atoms with Crippen molar-refractivity contribution in [3.8, 4) is 22.4 Å². The van der Waals surface area contributed by atoms with E-state index in [4.69, 9.17) is 24.5 Å². The minimum atomic E-state index is -1.23. The van der Waals surface area contributed by atoms with Crippen LogP contribution in [0.4, 0.5) is 5.82 Å². The molecule has 262 valence electrons. The Hall–Kier alpha value is -2.86. The normalized spacial score (nSPS) is 21.1. The monoisotopic (exact) mass is 695 g/mol. The molecule has 3 heterocycles. The van der Waals surface area contributed by atoms with Crippen molar-refractivity contribution in [2.75, 3.05) is 31.6 Å². The van der Waals surface area contributed by atoms with Crippen LogP contribution < -0.4 is 4.90 Å². The second-order valence-electron chi connectivity index (χ2n) is 17.5. The van der Waals surface area contributed by atoms with Gasteiger partial charge in [-0.05, 0) is 68.0 Å². The predicted octanol–water partition coefficient (Wildman–Crippen LogP) is 10.1. The molecule has 3 aromatic heterocycles. The van der Waals surface area contributed by atoms with Gasteiger partial charge in [-0.25, -0.2) is 4.98 Å². The summed E-state index contributed by atoms with van der Waals surface area (Å²) in [6.07, 6.45) is 13.1. The number of fused-ring (bicyclic) bond motifs is 3. The molecule has 7 rings (SSSR count).